The van der Waals surface area contributed by atoms with E-state index in [0.717, 1.165) is 29.7 Å². The Labute approximate surface area is 116 Å². The zero-order valence-corrected chi connectivity index (χ0v) is 12.1. The van der Waals surface area contributed by atoms with Crippen LogP contribution in [0.5, 0.6) is 0 Å². The average Bonchev–Trinajstić information content (AvgIpc) is 2.85. The van der Waals surface area contributed by atoms with Crippen LogP contribution in [0.4, 0.5) is 0 Å². The summed E-state index contributed by atoms with van der Waals surface area (Å²) in [5, 5.41) is 3.51. The Bertz CT molecular complexity index is 450. The Morgan fingerprint density at radius 1 is 1.33 bits per heavy atom. The lowest BCUT2D eigenvalue weighted by atomic mass is 10.1. The van der Waals surface area contributed by atoms with Gasteiger partial charge in [0.05, 0.1) is 0 Å². The Morgan fingerprint density at radius 3 is 2.78 bits per heavy atom. The first-order valence-electron chi connectivity index (χ1n) is 6.20. The van der Waals surface area contributed by atoms with Gasteiger partial charge >= 0.3 is 0 Å². The quantitative estimate of drug-likeness (QED) is 0.861. The van der Waals surface area contributed by atoms with Gasteiger partial charge in [0, 0.05) is 35.9 Å². The second kappa shape index (κ2) is 6.71. The van der Waals surface area contributed by atoms with Crippen molar-refractivity contribution in [2.45, 2.75) is 25.8 Å². The first-order valence-corrected chi connectivity index (χ1v) is 6.99. The molecule has 0 bridgehead atoms. The van der Waals surface area contributed by atoms with E-state index in [4.69, 9.17) is 0 Å². The first-order chi connectivity index (χ1) is 8.74. The largest absolute Gasteiger partial charge is 0.349 e. The van der Waals surface area contributed by atoms with Gasteiger partial charge in [0.1, 0.15) is 5.82 Å². The van der Waals surface area contributed by atoms with E-state index in [1.807, 2.05) is 6.20 Å². The third-order valence-electron chi connectivity index (χ3n) is 2.86. The lowest BCUT2D eigenvalue weighted by molar-refractivity contribution is 0.544. The van der Waals surface area contributed by atoms with E-state index in [2.05, 4.69) is 62.4 Å². The van der Waals surface area contributed by atoms with Crippen LogP contribution >= 0.6 is 15.9 Å². The minimum absolute atomic E-state index is 0.473. The Kier molecular flexibility index (Phi) is 4.96. The maximum Gasteiger partial charge on any atom is 0.107 e. The van der Waals surface area contributed by atoms with E-state index in [9.17, 15) is 0 Å². The van der Waals surface area contributed by atoms with Gasteiger partial charge in [0.25, 0.3) is 0 Å². The highest BCUT2D eigenvalue weighted by Crippen LogP contribution is 2.11. The van der Waals surface area contributed by atoms with Crippen LogP contribution in [-0.2, 0) is 12.8 Å². The molecular weight excluding hydrogens is 290 g/mol. The lowest BCUT2D eigenvalue weighted by Gasteiger charge is -2.13. The van der Waals surface area contributed by atoms with Crippen molar-refractivity contribution < 1.29 is 0 Å². The van der Waals surface area contributed by atoms with Gasteiger partial charge in [0.2, 0.25) is 0 Å². The Hall–Kier alpha value is -1.13. The molecule has 0 aliphatic carbocycles. The summed E-state index contributed by atoms with van der Waals surface area (Å²) < 4.78 is 1.13. The minimum Gasteiger partial charge on any atom is -0.349 e. The molecule has 0 saturated heterocycles. The number of imidazole rings is 1. The smallest absolute Gasteiger partial charge is 0.107 e. The van der Waals surface area contributed by atoms with Crippen molar-refractivity contribution in [2.75, 3.05) is 6.54 Å². The summed E-state index contributed by atoms with van der Waals surface area (Å²) in [6, 6.07) is 8.97. The van der Waals surface area contributed by atoms with Gasteiger partial charge in [-0.15, -0.1) is 0 Å². The van der Waals surface area contributed by atoms with Crippen molar-refractivity contribution in [3.8, 4) is 0 Å². The molecule has 1 aromatic carbocycles. The second-order valence-corrected chi connectivity index (χ2v) is 5.39. The standard InChI is InChI=1S/C14H18BrN3/c1-11(10-12-2-4-13(15)5-3-12)16-7-6-14-17-8-9-18-14/h2-5,8-9,11,16H,6-7,10H2,1H3,(H,17,18). The Balaban J connectivity index is 1.71. The van der Waals surface area contributed by atoms with Gasteiger partial charge in [0.15, 0.2) is 0 Å². The summed E-state index contributed by atoms with van der Waals surface area (Å²) in [4.78, 5) is 7.32. The number of aromatic amines is 1. The topological polar surface area (TPSA) is 40.7 Å². The molecule has 18 heavy (non-hydrogen) atoms. The summed E-state index contributed by atoms with van der Waals surface area (Å²) in [7, 11) is 0. The molecule has 0 amide bonds. The zero-order chi connectivity index (χ0) is 12.8. The molecule has 0 aliphatic rings. The molecule has 2 rings (SSSR count). The van der Waals surface area contributed by atoms with E-state index in [1.54, 1.807) is 6.20 Å². The van der Waals surface area contributed by atoms with Gasteiger partial charge in [-0.05, 0) is 31.0 Å². The van der Waals surface area contributed by atoms with E-state index in [0.29, 0.717) is 6.04 Å². The molecular formula is C14H18BrN3. The van der Waals surface area contributed by atoms with E-state index < -0.39 is 0 Å². The number of benzene rings is 1. The van der Waals surface area contributed by atoms with Crippen LogP contribution in [0.3, 0.4) is 0 Å². The fourth-order valence-electron chi connectivity index (χ4n) is 1.92. The van der Waals surface area contributed by atoms with Gasteiger partial charge in [-0.2, -0.15) is 0 Å². The molecule has 1 aromatic heterocycles. The van der Waals surface area contributed by atoms with Crippen molar-refractivity contribution >= 4 is 15.9 Å². The van der Waals surface area contributed by atoms with Crippen LogP contribution in [-0.4, -0.2) is 22.6 Å². The monoisotopic (exact) mass is 307 g/mol. The predicted molar refractivity (Wildman–Crippen MR) is 77.6 cm³/mol. The van der Waals surface area contributed by atoms with Crippen molar-refractivity contribution in [3.05, 3.63) is 52.5 Å². The molecule has 1 unspecified atom stereocenters. The van der Waals surface area contributed by atoms with E-state index in [-0.39, 0.29) is 0 Å². The molecule has 2 aromatic rings. The molecule has 3 nitrogen and oxygen atoms in total. The number of hydrogen-bond acceptors (Lipinski definition) is 2. The number of rotatable bonds is 6. The average molecular weight is 308 g/mol. The molecule has 2 N–H and O–H groups in total. The molecule has 0 saturated carbocycles. The fraction of sp³-hybridized carbons (Fsp3) is 0.357. The number of H-pyrrole nitrogens is 1. The van der Waals surface area contributed by atoms with Crippen molar-refractivity contribution in [1.82, 2.24) is 15.3 Å². The van der Waals surface area contributed by atoms with E-state index >= 15 is 0 Å². The Morgan fingerprint density at radius 2 is 2.11 bits per heavy atom. The summed E-state index contributed by atoms with van der Waals surface area (Å²) in [6.45, 7) is 3.16. The fourth-order valence-corrected chi connectivity index (χ4v) is 2.18. The lowest BCUT2D eigenvalue weighted by Crippen LogP contribution is -2.30. The summed E-state index contributed by atoms with van der Waals surface area (Å²) in [5.74, 6) is 1.04. The highest BCUT2D eigenvalue weighted by atomic mass is 79.9. The van der Waals surface area contributed by atoms with Crippen LogP contribution in [0.2, 0.25) is 0 Å². The van der Waals surface area contributed by atoms with Crippen LogP contribution in [0.25, 0.3) is 0 Å². The van der Waals surface area contributed by atoms with Crippen molar-refractivity contribution in [1.29, 1.82) is 0 Å². The highest BCUT2D eigenvalue weighted by molar-refractivity contribution is 9.10. The highest BCUT2D eigenvalue weighted by Gasteiger charge is 2.03. The maximum absolute atomic E-state index is 4.21. The minimum atomic E-state index is 0.473. The van der Waals surface area contributed by atoms with Crippen LogP contribution in [0.1, 0.15) is 18.3 Å². The predicted octanol–water partition coefficient (Wildman–Crippen LogP) is 2.94. The second-order valence-electron chi connectivity index (χ2n) is 4.47. The molecule has 0 aliphatic heterocycles. The third kappa shape index (κ3) is 4.27. The normalized spacial score (nSPS) is 12.6. The van der Waals surface area contributed by atoms with Crippen LogP contribution in [0.15, 0.2) is 41.1 Å². The SMILES string of the molecule is CC(Cc1ccc(Br)cc1)NCCc1ncc[nH]1. The first kappa shape index (κ1) is 13.3. The van der Waals surface area contributed by atoms with E-state index in [1.165, 1.54) is 5.56 Å². The molecule has 0 spiro atoms. The summed E-state index contributed by atoms with van der Waals surface area (Å²) in [6.07, 6.45) is 5.64. The van der Waals surface area contributed by atoms with Gasteiger partial charge in [-0.1, -0.05) is 28.1 Å². The molecule has 0 radical (unpaired) electrons. The number of hydrogen-bond donors (Lipinski definition) is 2. The van der Waals surface area contributed by atoms with Crippen molar-refractivity contribution in [3.63, 3.8) is 0 Å². The van der Waals surface area contributed by atoms with Gasteiger partial charge < -0.3 is 10.3 Å². The zero-order valence-electron chi connectivity index (χ0n) is 10.5. The van der Waals surface area contributed by atoms with Gasteiger partial charge in [-0.25, -0.2) is 4.98 Å². The number of aromatic nitrogens is 2. The maximum atomic E-state index is 4.21. The number of halogens is 1. The van der Waals surface area contributed by atoms with Gasteiger partial charge in [-0.3, -0.25) is 0 Å². The molecule has 1 heterocycles. The number of nitrogens with one attached hydrogen (secondary N) is 2. The van der Waals surface area contributed by atoms with Crippen LogP contribution < -0.4 is 5.32 Å². The third-order valence-corrected chi connectivity index (χ3v) is 3.39. The number of nitrogens with zero attached hydrogens (tertiary/aromatic N) is 1. The van der Waals surface area contributed by atoms with Crippen LogP contribution in [0, 0.1) is 0 Å². The molecule has 0 fully saturated rings. The summed E-state index contributed by atoms with van der Waals surface area (Å²) in [5.41, 5.74) is 1.36. The van der Waals surface area contributed by atoms with Crippen molar-refractivity contribution in [2.24, 2.45) is 0 Å². The summed E-state index contributed by atoms with van der Waals surface area (Å²) >= 11 is 3.45. The molecule has 96 valence electrons. The molecule has 1 atom stereocenters. The molecule has 4 heteroatoms.